The zero-order chi connectivity index (χ0) is 17.3. The Bertz CT molecular complexity index is 653. The van der Waals surface area contributed by atoms with Gasteiger partial charge in [-0.05, 0) is 36.6 Å². The Morgan fingerprint density at radius 1 is 1.29 bits per heavy atom. The van der Waals surface area contributed by atoms with Gasteiger partial charge in [0.05, 0.1) is 5.92 Å². The lowest BCUT2D eigenvalue weighted by molar-refractivity contribution is -0.134. The molecule has 7 heteroatoms. The Labute approximate surface area is 151 Å². The van der Waals surface area contributed by atoms with Gasteiger partial charge in [0.15, 0.2) is 0 Å². The van der Waals surface area contributed by atoms with Crippen LogP contribution in [0.5, 0.6) is 0 Å². The van der Waals surface area contributed by atoms with Gasteiger partial charge in [-0.25, -0.2) is 4.79 Å². The van der Waals surface area contributed by atoms with Crippen LogP contribution in [0.25, 0.3) is 0 Å². The van der Waals surface area contributed by atoms with Gasteiger partial charge >= 0.3 is 6.03 Å². The van der Waals surface area contributed by atoms with Crippen molar-refractivity contribution in [3.05, 3.63) is 33.8 Å². The monoisotopic (exact) mass is 369 g/mol. The maximum atomic E-state index is 12.6. The average molecular weight is 370 g/mol. The number of fused-ring (bicyclic) bond motifs is 3. The molecule has 0 unspecified atom stereocenters. The third-order valence-corrected chi connectivity index (χ3v) is 5.54. The van der Waals surface area contributed by atoms with Crippen LogP contribution in [0.1, 0.15) is 24.8 Å². The highest BCUT2D eigenvalue weighted by atomic mass is 35.5. The number of nitrogens with zero attached hydrogens (tertiary/aromatic N) is 2. The largest absolute Gasteiger partial charge is 0.341 e. The number of amides is 3. The fraction of sp³-hybridized carbons (Fsp3) is 0.529. The molecule has 2 fully saturated rings. The second-order valence-corrected chi connectivity index (χ2v) is 7.37. The summed E-state index contributed by atoms with van der Waals surface area (Å²) in [5.41, 5.74) is 0.778. The van der Waals surface area contributed by atoms with E-state index >= 15 is 0 Å². The summed E-state index contributed by atoms with van der Waals surface area (Å²) in [7, 11) is 1.85. The molecule has 2 heterocycles. The quantitative estimate of drug-likeness (QED) is 0.870. The Morgan fingerprint density at radius 3 is 2.88 bits per heavy atom. The summed E-state index contributed by atoms with van der Waals surface area (Å²) in [5, 5.41) is 4.05. The maximum Gasteiger partial charge on any atom is 0.317 e. The molecule has 2 atom stereocenters. The van der Waals surface area contributed by atoms with Crippen molar-refractivity contribution in [1.29, 1.82) is 0 Å². The molecule has 2 bridgehead atoms. The summed E-state index contributed by atoms with van der Waals surface area (Å²) in [6, 6.07) is 5.12. The molecule has 1 aromatic rings. The van der Waals surface area contributed by atoms with E-state index in [0.29, 0.717) is 29.7 Å². The predicted octanol–water partition coefficient (Wildman–Crippen LogP) is 3.15. The van der Waals surface area contributed by atoms with Crippen molar-refractivity contribution in [1.82, 2.24) is 15.1 Å². The van der Waals surface area contributed by atoms with Gasteiger partial charge in [-0.15, -0.1) is 0 Å². The molecule has 3 rings (SSSR count). The van der Waals surface area contributed by atoms with Gasteiger partial charge in [-0.3, -0.25) is 4.79 Å². The Kier molecular flexibility index (Phi) is 5.21. The molecule has 0 radical (unpaired) electrons. The fourth-order valence-electron chi connectivity index (χ4n) is 3.49. The number of halogens is 2. The first-order valence-electron chi connectivity index (χ1n) is 8.19. The standard InChI is InChI=1S/C17H21Cl2N3O2/c1-21-14-4-2-3-11(16(21)23)9-22(10-14)17(24)20-8-12-7-13(18)5-6-15(12)19/h5-7,11,14H,2-4,8-10H2,1H3,(H,20,24)/t11-,14+/m1/s1. The number of nitrogens with one attached hydrogen (secondary N) is 1. The number of urea groups is 1. The third kappa shape index (κ3) is 3.62. The lowest BCUT2D eigenvalue weighted by Crippen LogP contribution is -2.46. The van der Waals surface area contributed by atoms with Crippen LogP contribution in [-0.2, 0) is 11.3 Å². The molecular formula is C17H21Cl2N3O2. The van der Waals surface area contributed by atoms with Crippen LogP contribution >= 0.6 is 23.2 Å². The van der Waals surface area contributed by atoms with Crippen LogP contribution in [0.3, 0.4) is 0 Å². The second kappa shape index (κ2) is 7.19. The molecule has 1 N–H and O–H groups in total. The maximum absolute atomic E-state index is 12.6. The number of carbonyl (C=O) groups excluding carboxylic acids is 2. The molecule has 5 nitrogen and oxygen atoms in total. The minimum Gasteiger partial charge on any atom is -0.341 e. The lowest BCUT2D eigenvalue weighted by atomic mass is 9.99. The van der Waals surface area contributed by atoms with Gasteiger partial charge in [-0.2, -0.15) is 0 Å². The summed E-state index contributed by atoms with van der Waals surface area (Å²) in [6.45, 7) is 1.37. The number of benzene rings is 1. The zero-order valence-corrected chi connectivity index (χ0v) is 15.1. The lowest BCUT2D eigenvalue weighted by Gasteiger charge is -2.29. The molecule has 24 heavy (non-hydrogen) atoms. The molecule has 3 amide bonds. The molecule has 0 aliphatic carbocycles. The smallest absolute Gasteiger partial charge is 0.317 e. The topological polar surface area (TPSA) is 52.7 Å². The van der Waals surface area contributed by atoms with Crippen LogP contribution in [-0.4, -0.2) is 47.9 Å². The van der Waals surface area contributed by atoms with Gasteiger partial charge in [0.1, 0.15) is 0 Å². The summed E-state index contributed by atoms with van der Waals surface area (Å²) in [4.78, 5) is 28.5. The highest BCUT2D eigenvalue weighted by molar-refractivity contribution is 6.33. The second-order valence-electron chi connectivity index (χ2n) is 6.53. The van der Waals surface area contributed by atoms with E-state index in [4.69, 9.17) is 23.2 Å². The zero-order valence-electron chi connectivity index (χ0n) is 13.6. The Morgan fingerprint density at radius 2 is 2.08 bits per heavy atom. The van der Waals surface area contributed by atoms with E-state index in [2.05, 4.69) is 5.32 Å². The Hall–Kier alpha value is -1.46. The van der Waals surface area contributed by atoms with Crippen molar-refractivity contribution in [3.8, 4) is 0 Å². The van der Waals surface area contributed by atoms with E-state index in [-0.39, 0.29) is 23.9 Å². The highest BCUT2D eigenvalue weighted by Gasteiger charge is 2.37. The molecule has 2 aliphatic rings. The van der Waals surface area contributed by atoms with Crippen LogP contribution in [0.2, 0.25) is 10.0 Å². The molecule has 0 saturated carbocycles. The number of rotatable bonds is 2. The minimum atomic E-state index is -0.161. The number of hydrogen-bond acceptors (Lipinski definition) is 2. The average Bonchev–Trinajstić information content (AvgIpc) is 2.73. The van der Waals surface area contributed by atoms with Gasteiger partial charge < -0.3 is 15.1 Å². The summed E-state index contributed by atoms with van der Waals surface area (Å²) in [6.07, 6.45) is 2.84. The Balaban J connectivity index is 1.67. The van der Waals surface area contributed by atoms with E-state index in [9.17, 15) is 9.59 Å². The fourth-order valence-corrected chi connectivity index (χ4v) is 3.87. The first-order chi connectivity index (χ1) is 11.5. The summed E-state index contributed by atoms with van der Waals surface area (Å²) >= 11 is 12.1. The van der Waals surface area contributed by atoms with Crippen molar-refractivity contribution < 1.29 is 9.59 Å². The molecule has 0 aromatic heterocycles. The molecule has 0 spiro atoms. The summed E-state index contributed by atoms with van der Waals surface area (Å²) < 4.78 is 0. The van der Waals surface area contributed by atoms with E-state index in [1.165, 1.54) is 0 Å². The number of likely N-dealkylation sites (N-methyl/N-ethyl adjacent to an activating group) is 1. The van der Waals surface area contributed by atoms with Gasteiger partial charge in [0.25, 0.3) is 0 Å². The van der Waals surface area contributed by atoms with Gasteiger partial charge in [0.2, 0.25) is 5.91 Å². The minimum absolute atomic E-state index is 0.0944. The molecular weight excluding hydrogens is 349 g/mol. The van der Waals surface area contributed by atoms with Crippen LogP contribution in [0, 0.1) is 5.92 Å². The predicted molar refractivity (Wildman–Crippen MR) is 94.2 cm³/mol. The van der Waals surface area contributed by atoms with E-state index in [1.54, 1.807) is 23.1 Å². The first kappa shape index (κ1) is 17.4. The van der Waals surface area contributed by atoms with Crippen molar-refractivity contribution >= 4 is 35.1 Å². The molecule has 130 valence electrons. The van der Waals surface area contributed by atoms with E-state index in [1.807, 2.05) is 11.9 Å². The van der Waals surface area contributed by atoms with Crippen molar-refractivity contribution in [2.24, 2.45) is 5.92 Å². The normalized spacial score (nSPS) is 23.9. The number of likely N-dealkylation sites (tertiary alicyclic amines) is 1. The first-order valence-corrected chi connectivity index (χ1v) is 8.94. The van der Waals surface area contributed by atoms with Gasteiger partial charge in [-0.1, -0.05) is 29.6 Å². The summed E-state index contributed by atoms with van der Waals surface area (Å²) in [5.74, 6) is 0.0636. The van der Waals surface area contributed by atoms with Gasteiger partial charge in [0, 0.05) is 42.8 Å². The third-order valence-electron chi connectivity index (χ3n) is 4.93. The SMILES string of the molecule is CN1C(=O)[C@@H]2CCC[C@H]1CN(C(=O)NCc1cc(Cl)ccc1Cl)C2. The van der Waals surface area contributed by atoms with Crippen LogP contribution < -0.4 is 5.32 Å². The van der Waals surface area contributed by atoms with E-state index in [0.717, 1.165) is 24.8 Å². The highest BCUT2D eigenvalue weighted by Crippen LogP contribution is 2.27. The molecule has 2 aliphatic heterocycles. The van der Waals surface area contributed by atoms with Crippen LogP contribution in [0.4, 0.5) is 4.79 Å². The number of hydrogen-bond donors (Lipinski definition) is 1. The van der Waals surface area contributed by atoms with Crippen LogP contribution in [0.15, 0.2) is 18.2 Å². The molecule has 2 saturated heterocycles. The van der Waals surface area contributed by atoms with Crippen molar-refractivity contribution in [2.75, 3.05) is 20.1 Å². The van der Waals surface area contributed by atoms with Crippen molar-refractivity contribution in [2.45, 2.75) is 31.8 Å². The van der Waals surface area contributed by atoms with Crippen molar-refractivity contribution in [3.63, 3.8) is 0 Å². The van der Waals surface area contributed by atoms with E-state index < -0.39 is 0 Å². The number of carbonyl (C=O) groups is 2. The molecule has 1 aromatic carbocycles.